The van der Waals surface area contributed by atoms with Crippen molar-refractivity contribution in [3.63, 3.8) is 0 Å². The van der Waals surface area contributed by atoms with Crippen molar-refractivity contribution in [3.8, 4) is 11.8 Å². The minimum atomic E-state index is -0.480. The summed E-state index contributed by atoms with van der Waals surface area (Å²) in [5.41, 5.74) is 4.33. The fourth-order valence-corrected chi connectivity index (χ4v) is 3.46. The summed E-state index contributed by atoms with van der Waals surface area (Å²) in [6, 6.07) is 20.4. The van der Waals surface area contributed by atoms with Gasteiger partial charge in [-0.25, -0.2) is 0 Å². The zero-order valence-electron chi connectivity index (χ0n) is 17.1. The molecule has 3 rings (SSSR count). The van der Waals surface area contributed by atoms with Crippen LogP contribution in [0.2, 0.25) is 5.02 Å². The lowest BCUT2D eigenvalue weighted by atomic mass is 10.1. The molecular weight excluding hydrogens is 476 g/mol. The standard InChI is InChI=1S/C25H20BrClN2O2/c1-16-6-8-23(10-17(16)2)29-25(30)20(14-28)12-19-13-21(26)7-9-24(19)31-15-18-4-3-5-22(27)11-18/h3-13H,15H2,1-2H3,(H,29,30)/b20-12+. The van der Waals surface area contributed by atoms with Gasteiger partial charge in [0, 0.05) is 20.7 Å². The van der Waals surface area contributed by atoms with E-state index in [1.807, 2.05) is 62.4 Å². The summed E-state index contributed by atoms with van der Waals surface area (Å²) in [5.74, 6) is 0.0708. The quantitative estimate of drug-likeness (QED) is 0.301. The Morgan fingerprint density at radius 3 is 2.65 bits per heavy atom. The zero-order valence-corrected chi connectivity index (χ0v) is 19.4. The van der Waals surface area contributed by atoms with Gasteiger partial charge in [-0.2, -0.15) is 5.26 Å². The molecule has 0 spiro atoms. The van der Waals surface area contributed by atoms with Crippen LogP contribution in [0, 0.1) is 25.2 Å². The molecule has 0 saturated heterocycles. The third-order valence-corrected chi connectivity index (χ3v) is 5.41. The summed E-state index contributed by atoms with van der Waals surface area (Å²) in [5, 5.41) is 13.0. The van der Waals surface area contributed by atoms with E-state index in [0.29, 0.717) is 28.6 Å². The second-order valence-corrected chi connectivity index (χ2v) is 8.38. The number of nitrogens with one attached hydrogen (secondary N) is 1. The molecule has 156 valence electrons. The lowest BCUT2D eigenvalue weighted by Gasteiger charge is -2.11. The van der Waals surface area contributed by atoms with Crippen molar-refractivity contribution in [3.05, 3.63) is 98.0 Å². The maximum absolute atomic E-state index is 12.7. The predicted octanol–water partition coefficient (Wildman–Crippen LogP) is 6.84. The molecule has 0 saturated carbocycles. The second-order valence-electron chi connectivity index (χ2n) is 7.02. The third-order valence-electron chi connectivity index (χ3n) is 4.68. The summed E-state index contributed by atoms with van der Waals surface area (Å²) in [7, 11) is 0. The number of hydrogen-bond acceptors (Lipinski definition) is 3. The largest absolute Gasteiger partial charge is 0.488 e. The van der Waals surface area contributed by atoms with Crippen LogP contribution < -0.4 is 10.1 Å². The van der Waals surface area contributed by atoms with Crippen LogP contribution in [0.5, 0.6) is 5.75 Å². The molecule has 0 heterocycles. The number of rotatable bonds is 6. The van der Waals surface area contributed by atoms with E-state index < -0.39 is 5.91 Å². The predicted molar refractivity (Wildman–Crippen MR) is 128 cm³/mol. The van der Waals surface area contributed by atoms with E-state index in [0.717, 1.165) is 21.2 Å². The van der Waals surface area contributed by atoms with Gasteiger partial charge in [0.2, 0.25) is 0 Å². The van der Waals surface area contributed by atoms with Gasteiger partial charge in [0.15, 0.2) is 0 Å². The molecule has 3 aromatic carbocycles. The van der Waals surface area contributed by atoms with E-state index in [1.54, 1.807) is 18.2 Å². The van der Waals surface area contributed by atoms with E-state index in [-0.39, 0.29) is 5.57 Å². The Labute approximate surface area is 195 Å². The molecule has 0 aliphatic rings. The molecular formula is C25H20BrClN2O2. The number of aryl methyl sites for hydroxylation is 2. The van der Waals surface area contributed by atoms with Crippen LogP contribution >= 0.6 is 27.5 Å². The maximum atomic E-state index is 12.7. The molecule has 0 bridgehead atoms. The smallest absolute Gasteiger partial charge is 0.266 e. The molecule has 3 aromatic rings. The minimum absolute atomic E-state index is 0.0241. The van der Waals surface area contributed by atoms with Crippen molar-refractivity contribution in [2.24, 2.45) is 0 Å². The molecule has 6 heteroatoms. The Morgan fingerprint density at radius 2 is 1.94 bits per heavy atom. The number of ether oxygens (including phenoxy) is 1. The molecule has 1 N–H and O–H groups in total. The van der Waals surface area contributed by atoms with Crippen molar-refractivity contribution in [1.29, 1.82) is 5.26 Å². The summed E-state index contributed by atoms with van der Waals surface area (Å²) in [6.45, 7) is 4.27. The fraction of sp³-hybridized carbons (Fsp3) is 0.120. The van der Waals surface area contributed by atoms with Crippen LogP contribution in [0.25, 0.3) is 6.08 Å². The molecule has 0 radical (unpaired) electrons. The van der Waals surface area contributed by atoms with Crippen molar-refractivity contribution in [2.75, 3.05) is 5.32 Å². The summed E-state index contributed by atoms with van der Waals surface area (Å²) in [6.07, 6.45) is 1.52. The number of anilines is 1. The monoisotopic (exact) mass is 494 g/mol. The summed E-state index contributed by atoms with van der Waals surface area (Å²) in [4.78, 5) is 12.7. The normalized spacial score (nSPS) is 11.0. The van der Waals surface area contributed by atoms with Crippen molar-refractivity contribution < 1.29 is 9.53 Å². The summed E-state index contributed by atoms with van der Waals surface area (Å²) >= 11 is 9.47. The van der Waals surface area contributed by atoms with E-state index >= 15 is 0 Å². The Bertz CT molecular complexity index is 1200. The molecule has 31 heavy (non-hydrogen) atoms. The first-order valence-corrected chi connectivity index (χ1v) is 10.7. The van der Waals surface area contributed by atoms with Crippen LogP contribution in [-0.2, 0) is 11.4 Å². The highest BCUT2D eigenvalue weighted by Gasteiger charge is 2.12. The van der Waals surface area contributed by atoms with Crippen molar-refractivity contribution >= 4 is 45.2 Å². The lowest BCUT2D eigenvalue weighted by molar-refractivity contribution is -0.112. The Balaban J connectivity index is 1.83. The van der Waals surface area contributed by atoms with Crippen LogP contribution in [0.3, 0.4) is 0 Å². The maximum Gasteiger partial charge on any atom is 0.266 e. The van der Waals surface area contributed by atoms with Crippen LogP contribution in [0.4, 0.5) is 5.69 Å². The molecule has 0 aliphatic heterocycles. The van der Waals surface area contributed by atoms with Crippen LogP contribution in [0.15, 0.2) is 70.7 Å². The highest BCUT2D eigenvalue weighted by molar-refractivity contribution is 9.10. The lowest BCUT2D eigenvalue weighted by Crippen LogP contribution is -2.13. The molecule has 0 aliphatic carbocycles. The highest BCUT2D eigenvalue weighted by atomic mass is 79.9. The van der Waals surface area contributed by atoms with Gasteiger partial charge >= 0.3 is 0 Å². The highest BCUT2D eigenvalue weighted by Crippen LogP contribution is 2.27. The van der Waals surface area contributed by atoms with Gasteiger partial charge in [0.25, 0.3) is 5.91 Å². The molecule has 0 fully saturated rings. The van der Waals surface area contributed by atoms with E-state index in [1.165, 1.54) is 6.08 Å². The molecule has 0 atom stereocenters. The van der Waals surface area contributed by atoms with Gasteiger partial charge in [-0.15, -0.1) is 0 Å². The van der Waals surface area contributed by atoms with E-state index in [9.17, 15) is 10.1 Å². The van der Waals surface area contributed by atoms with Gasteiger partial charge in [-0.3, -0.25) is 4.79 Å². The van der Waals surface area contributed by atoms with Crippen molar-refractivity contribution in [2.45, 2.75) is 20.5 Å². The first kappa shape index (κ1) is 22.6. The topological polar surface area (TPSA) is 62.1 Å². The average molecular weight is 496 g/mol. The van der Waals surface area contributed by atoms with Crippen molar-refractivity contribution in [1.82, 2.24) is 0 Å². The number of halogens is 2. The number of carbonyl (C=O) groups is 1. The Morgan fingerprint density at radius 1 is 1.13 bits per heavy atom. The fourth-order valence-electron chi connectivity index (χ4n) is 2.87. The average Bonchev–Trinajstić information content (AvgIpc) is 2.74. The molecule has 0 unspecified atom stereocenters. The van der Waals surface area contributed by atoms with E-state index in [4.69, 9.17) is 16.3 Å². The minimum Gasteiger partial charge on any atom is -0.488 e. The third kappa shape index (κ3) is 6.21. The second kappa shape index (κ2) is 10.3. The number of nitriles is 1. The number of hydrogen-bond donors (Lipinski definition) is 1. The van der Waals surface area contributed by atoms with Crippen LogP contribution in [0.1, 0.15) is 22.3 Å². The van der Waals surface area contributed by atoms with Gasteiger partial charge in [0.1, 0.15) is 24.0 Å². The van der Waals surface area contributed by atoms with Gasteiger partial charge in [-0.05, 0) is 79.1 Å². The van der Waals surface area contributed by atoms with E-state index in [2.05, 4.69) is 21.2 Å². The van der Waals surface area contributed by atoms with Gasteiger partial charge in [-0.1, -0.05) is 45.7 Å². The number of carbonyl (C=O) groups excluding carboxylic acids is 1. The number of nitrogens with zero attached hydrogens (tertiary/aromatic N) is 1. The van der Waals surface area contributed by atoms with Gasteiger partial charge in [0.05, 0.1) is 0 Å². The van der Waals surface area contributed by atoms with Gasteiger partial charge < -0.3 is 10.1 Å². The Hall–Kier alpha value is -3.07. The number of benzene rings is 3. The number of amides is 1. The first-order chi connectivity index (χ1) is 14.9. The summed E-state index contributed by atoms with van der Waals surface area (Å²) < 4.78 is 6.75. The SMILES string of the molecule is Cc1ccc(NC(=O)/C(C#N)=C/c2cc(Br)ccc2OCc2cccc(Cl)c2)cc1C. The first-order valence-electron chi connectivity index (χ1n) is 9.53. The molecule has 4 nitrogen and oxygen atoms in total. The van der Waals surface area contributed by atoms with Crippen LogP contribution in [-0.4, -0.2) is 5.91 Å². The Kier molecular flexibility index (Phi) is 7.51. The molecule has 0 aromatic heterocycles. The zero-order chi connectivity index (χ0) is 22.4. The molecule has 1 amide bonds.